The van der Waals surface area contributed by atoms with Crippen LogP contribution in [0.1, 0.15) is 30.7 Å². The summed E-state index contributed by atoms with van der Waals surface area (Å²) in [4.78, 5) is 2.55. The predicted molar refractivity (Wildman–Crippen MR) is 54.0 cm³/mol. The van der Waals surface area contributed by atoms with Crippen LogP contribution >= 0.6 is 0 Å². The minimum atomic E-state index is 0.703. The first-order valence-electron chi connectivity index (χ1n) is 5.35. The molecule has 2 bridgehead atoms. The van der Waals surface area contributed by atoms with Crippen molar-refractivity contribution in [1.29, 1.82) is 0 Å². The Bertz CT molecular complexity index is 325. The molecule has 1 aromatic heterocycles. The second-order valence-corrected chi connectivity index (χ2v) is 4.48. The summed E-state index contributed by atoms with van der Waals surface area (Å²) in [5, 5.41) is 7.80. The molecule has 2 aliphatic rings. The van der Waals surface area contributed by atoms with Gasteiger partial charge in [-0.15, -0.1) is 0 Å². The van der Waals surface area contributed by atoms with Crippen molar-refractivity contribution in [2.75, 3.05) is 7.05 Å². The number of aromatic nitrogens is 2. The SMILES string of the molecule is CN1C2CC[C@@H]1CC2c1ccnnc1. The predicted octanol–water partition coefficient (Wildman–Crippen LogP) is 1.43. The van der Waals surface area contributed by atoms with Crippen LogP contribution in [0.25, 0.3) is 0 Å². The Balaban J connectivity index is 1.89. The molecule has 2 saturated heterocycles. The van der Waals surface area contributed by atoms with Crippen LogP contribution in [0.15, 0.2) is 18.5 Å². The van der Waals surface area contributed by atoms with E-state index in [1.54, 1.807) is 6.20 Å². The lowest BCUT2D eigenvalue weighted by Crippen LogP contribution is -2.25. The summed E-state index contributed by atoms with van der Waals surface area (Å²) in [5.74, 6) is 0.703. The fraction of sp³-hybridized carbons (Fsp3) is 0.636. The average Bonchev–Trinajstić information content (AvgIpc) is 2.76. The molecule has 0 amide bonds. The summed E-state index contributed by atoms with van der Waals surface area (Å²) in [6.07, 6.45) is 7.79. The maximum atomic E-state index is 3.97. The van der Waals surface area contributed by atoms with E-state index in [4.69, 9.17) is 0 Å². The zero-order valence-corrected chi connectivity index (χ0v) is 8.43. The van der Waals surface area contributed by atoms with E-state index in [2.05, 4.69) is 28.2 Å². The van der Waals surface area contributed by atoms with E-state index < -0.39 is 0 Å². The van der Waals surface area contributed by atoms with E-state index in [-0.39, 0.29) is 0 Å². The molecule has 14 heavy (non-hydrogen) atoms. The summed E-state index contributed by atoms with van der Waals surface area (Å²) in [5.41, 5.74) is 1.37. The van der Waals surface area contributed by atoms with Crippen LogP contribution in [0.4, 0.5) is 0 Å². The van der Waals surface area contributed by atoms with Gasteiger partial charge in [0.05, 0.1) is 6.20 Å². The molecule has 2 unspecified atom stereocenters. The molecule has 74 valence electrons. The first-order chi connectivity index (χ1) is 6.86. The van der Waals surface area contributed by atoms with Gasteiger partial charge in [-0.2, -0.15) is 10.2 Å². The van der Waals surface area contributed by atoms with Gasteiger partial charge in [-0.25, -0.2) is 0 Å². The Kier molecular flexibility index (Phi) is 1.80. The molecule has 0 saturated carbocycles. The second-order valence-electron chi connectivity index (χ2n) is 4.48. The molecule has 2 fully saturated rings. The molecule has 0 radical (unpaired) electrons. The van der Waals surface area contributed by atoms with E-state index in [1.807, 2.05) is 6.20 Å². The van der Waals surface area contributed by atoms with Gasteiger partial charge < -0.3 is 0 Å². The van der Waals surface area contributed by atoms with Gasteiger partial charge >= 0.3 is 0 Å². The molecule has 0 spiro atoms. The highest BCUT2D eigenvalue weighted by Gasteiger charge is 2.44. The monoisotopic (exact) mass is 189 g/mol. The van der Waals surface area contributed by atoms with Crippen molar-refractivity contribution >= 4 is 0 Å². The highest BCUT2D eigenvalue weighted by atomic mass is 15.2. The number of hydrogen-bond acceptors (Lipinski definition) is 3. The molecule has 0 aromatic carbocycles. The molecule has 3 nitrogen and oxygen atoms in total. The smallest absolute Gasteiger partial charge is 0.0531 e. The van der Waals surface area contributed by atoms with Gasteiger partial charge in [-0.05, 0) is 37.9 Å². The minimum Gasteiger partial charge on any atom is -0.300 e. The molecular formula is C11H15N3. The summed E-state index contributed by atoms with van der Waals surface area (Å²) >= 11 is 0. The van der Waals surface area contributed by atoms with Crippen molar-refractivity contribution in [3.8, 4) is 0 Å². The topological polar surface area (TPSA) is 29.0 Å². The molecule has 3 atom stereocenters. The number of rotatable bonds is 1. The summed E-state index contributed by atoms with van der Waals surface area (Å²) in [6, 6.07) is 3.69. The van der Waals surface area contributed by atoms with Crippen molar-refractivity contribution in [2.24, 2.45) is 0 Å². The molecule has 0 N–H and O–H groups in total. The Morgan fingerprint density at radius 2 is 2.29 bits per heavy atom. The maximum Gasteiger partial charge on any atom is 0.0531 e. The van der Waals surface area contributed by atoms with Gasteiger partial charge in [0.1, 0.15) is 0 Å². The number of nitrogens with zero attached hydrogens (tertiary/aromatic N) is 3. The zero-order chi connectivity index (χ0) is 9.54. The molecule has 0 aliphatic carbocycles. The summed E-state index contributed by atoms with van der Waals surface area (Å²) in [6.45, 7) is 0. The molecule has 2 aliphatic heterocycles. The van der Waals surface area contributed by atoms with E-state index in [0.29, 0.717) is 5.92 Å². The Hall–Kier alpha value is -0.960. The second kappa shape index (κ2) is 3.02. The van der Waals surface area contributed by atoms with Gasteiger partial charge in [-0.3, -0.25) is 4.90 Å². The van der Waals surface area contributed by atoms with Gasteiger partial charge in [0.15, 0.2) is 0 Å². The fourth-order valence-electron chi connectivity index (χ4n) is 3.14. The van der Waals surface area contributed by atoms with Gasteiger partial charge in [0.2, 0.25) is 0 Å². The van der Waals surface area contributed by atoms with Crippen molar-refractivity contribution in [3.05, 3.63) is 24.0 Å². The molecular weight excluding hydrogens is 174 g/mol. The minimum absolute atomic E-state index is 0.703. The third-order valence-corrected chi connectivity index (χ3v) is 3.92. The van der Waals surface area contributed by atoms with Crippen molar-refractivity contribution in [2.45, 2.75) is 37.3 Å². The first-order valence-corrected chi connectivity index (χ1v) is 5.35. The van der Waals surface area contributed by atoms with Crippen LogP contribution in [0.2, 0.25) is 0 Å². The summed E-state index contributed by atoms with van der Waals surface area (Å²) in [7, 11) is 2.26. The van der Waals surface area contributed by atoms with Gasteiger partial charge in [0.25, 0.3) is 0 Å². The summed E-state index contributed by atoms with van der Waals surface area (Å²) < 4.78 is 0. The fourth-order valence-corrected chi connectivity index (χ4v) is 3.14. The lowest BCUT2D eigenvalue weighted by atomic mass is 9.85. The number of hydrogen-bond donors (Lipinski definition) is 0. The molecule has 1 aromatic rings. The van der Waals surface area contributed by atoms with E-state index >= 15 is 0 Å². The highest BCUT2D eigenvalue weighted by molar-refractivity contribution is 5.20. The van der Waals surface area contributed by atoms with Crippen molar-refractivity contribution in [1.82, 2.24) is 15.1 Å². The number of fused-ring (bicyclic) bond motifs is 2. The Labute approximate surface area is 84.1 Å². The van der Waals surface area contributed by atoms with Crippen LogP contribution in [-0.2, 0) is 0 Å². The van der Waals surface area contributed by atoms with Crippen LogP contribution in [0, 0.1) is 0 Å². The number of likely N-dealkylation sites (N-methyl/N-ethyl adjacent to an activating group) is 1. The standard InChI is InChI=1S/C11H15N3/c1-14-9-2-3-11(14)10(6-9)8-4-5-12-13-7-8/h4-5,7,9-11H,2-3,6H2,1H3/t9-,10?,11?/m1/s1. The van der Waals surface area contributed by atoms with Crippen molar-refractivity contribution in [3.63, 3.8) is 0 Å². The third-order valence-electron chi connectivity index (χ3n) is 3.92. The lowest BCUT2D eigenvalue weighted by Gasteiger charge is -2.21. The maximum absolute atomic E-state index is 3.97. The van der Waals surface area contributed by atoms with Crippen LogP contribution in [-0.4, -0.2) is 34.2 Å². The first kappa shape index (κ1) is 8.36. The Morgan fingerprint density at radius 3 is 2.86 bits per heavy atom. The average molecular weight is 189 g/mol. The zero-order valence-electron chi connectivity index (χ0n) is 8.43. The lowest BCUT2D eigenvalue weighted by molar-refractivity contribution is 0.307. The van der Waals surface area contributed by atoms with E-state index in [1.165, 1.54) is 24.8 Å². The molecule has 3 rings (SSSR count). The normalized spacial score (nSPS) is 36.5. The highest BCUT2D eigenvalue weighted by Crippen LogP contribution is 2.45. The molecule has 3 heteroatoms. The van der Waals surface area contributed by atoms with Crippen LogP contribution in [0.3, 0.4) is 0 Å². The van der Waals surface area contributed by atoms with Crippen LogP contribution < -0.4 is 0 Å². The largest absolute Gasteiger partial charge is 0.300 e. The van der Waals surface area contributed by atoms with E-state index in [0.717, 1.165) is 12.1 Å². The third kappa shape index (κ3) is 1.08. The van der Waals surface area contributed by atoms with Gasteiger partial charge in [-0.1, -0.05) is 0 Å². The van der Waals surface area contributed by atoms with Crippen molar-refractivity contribution < 1.29 is 0 Å². The quantitative estimate of drug-likeness (QED) is 0.669. The molecule has 3 heterocycles. The van der Waals surface area contributed by atoms with E-state index in [9.17, 15) is 0 Å². The van der Waals surface area contributed by atoms with Crippen LogP contribution in [0.5, 0.6) is 0 Å². The van der Waals surface area contributed by atoms with Gasteiger partial charge in [0, 0.05) is 24.2 Å². The Morgan fingerprint density at radius 1 is 1.36 bits per heavy atom.